The van der Waals surface area contributed by atoms with E-state index in [1.807, 2.05) is 18.2 Å². The van der Waals surface area contributed by atoms with E-state index in [1.54, 1.807) is 0 Å². The quantitative estimate of drug-likeness (QED) is 0.420. The highest BCUT2D eigenvalue weighted by Crippen LogP contribution is 2.27. The lowest BCUT2D eigenvalue weighted by atomic mass is 9.97. The second kappa shape index (κ2) is 9.53. The van der Waals surface area contributed by atoms with Gasteiger partial charge in [-0.2, -0.15) is 0 Å². The van der Waals surface area contributed by atoms with Crippen LogP contribution in [0.5, 0.6) is 5.75 Å². The summed E-state index contributed by atoms with van der Waals surface area (Å²) >= 11 is 0. The average molecular weight is 428 g/mol. The molecule has 0 saturated heterocycles. The van der Waals surface area contributed by atoms with Crippen molar-refractivity contribution in [1.29, 1.82) is 0 Å². The molecule has 1 aromatic heterocycles. The fourth-order valence-electron chi connectivity index (χ4n) is 4.55. The van der Waals surface area contributed by atoms with Crippen LogP contribution in [0, 0.1) is 0 Å². The monoisotopic (exact) mass is 427 g/mol. The van der Waals surface area contributed by atoms with Gasteiger partial charge in [0.15, 0.2) is 0 Å². The van der Waals surface area contributed by atoms with Crippen LogP contribution < -0.4 is 15.4 Å². The van der Waals surface area contributed by atoms with Crippen molar-refractivity contribution in [3.63, 3.8) is 0 Å². The number of carbonyl (C=O) groups excluding carboxylic acids is 1. The maximum Gasteiger partial charge on any atom is 0.224 e. The number of aromatic nitrogens is 1. The molecule has 1 amide bonds. The van der Waals surface area contributed by atoms with Gasteiger partial charge in [0.2, 0.25) is 5.91 Å². The highest BCUT2D eigenvalue weighted by Gasteiger charge is 2.16. The predicted molar refractivity (Wildman–Crippen MR) is 128 cm³/mol. The molecule has 164 valence electrons. The molecule has 32 heavy (non-hydrogen) atoms. The number of para-hydroxylation sites is 1. The van der Waals surface area contributed by atoms with Gasteiger partial charge in [0.05, 0.1) is 12.1 Å². The van der Waals surface area contributed by atoms with Crippen molar-refractivity contribution in [3.05, 3.63) is 77.5 Å². The van der Waals surface area contributed by atoms with E-state index in [-0.39, 0.29) is 5.91 Å². The van der Waals surface area contributed by atoms with Crippen molar-refractivity contribution in [1.82, 2.24) is 10.3 Å². The summed E-state index contributed by atoms with van der Waals surface area (Å²) in [6.07, 6.45) is 7.75. The zero-order valence-electron chi connectivity index (χ0n) is 18.3. The fourth-order valence-corrected chi connectivity index (χ4v) is 4.55. The molecule has 3 aromatic rings. The molecule has 2 aliphatic heterocycles. The Labute approximate surface area is 188 Å². The molecule has 5 heteroatoms. The molecular formula is C27H29N3O2. The maximum absolute atomic E-state index is 11.6. The second-order valence-corrected chi connectivity index (χ2v) is 8.67. The molecule has 0 radical (unpaired) electrons. The van der Waals surface area contributed by atoms with Crippen LogP contribution >= 0.6 is 0 Å². The fraction of sp³-hybridized carbons (Fsp3) is 0.333. The van der Waals surface area contributed by atoms with E-state index in [9.17, 15) is 4.79 Å². The van der Waals surface area contributed by atoms with Gasteiger partial charge in [-0.05, 0) is 56.0 Å². The third-order valence-corrected chi connectivity index (χ3v) is 6.26. The summed E-state index contributed by atoms with van der Waals surface area (Å²) in [4.78, 5) is 16.4. The van der Waals surface area contributed by atoms with Crippen LogP contribution in [0.1, 0.15) is 36.9 Å². The van der Waals surface area contributed by atoms with E-state index in [0.29, 0.717) is 19.1 Å². The summed E-state index contributed by atoms with van der Waals surface area (Å²) in [5, 5.41) is 7.73. The summed E-state index contributed by atoms with van der Waals surface area (Å²) in [7, 11) is 0. The van der Waals surface area contributed by atoms with Crippen molar-refractivity contribution in [2.45, 2.75) is 44.6 Å². The third kappa shape index (κ3) is 5.00. The minimum atomic E-state index is 0.0829. The van der Waals surface area contributed by atoms with E-state index in [1.165, 1.54) is 16.5 Å². The number of fused-ring (bicyclic) bond motifs is 2. The molecule has 1 unspecified atom stereocenters. The van der Waals surface area contributed by atoms with Crippen molar-refractivity contribution in [2.75, 3.05) is 18.5 Å². The van der Waals surface area contributed by atoms with Crippen LogP contribution in [-0.4, -0.2) is 30.1 Å². The van der Waals surface area contributed by atoms with Crippen molar-refractivity contribution in [2.24, 2.45) is 0 Å². The van der Waals surface area contributed by atoms with Gasteiger partial charge in [0.25, 0.3) is 0 Å². The number of amides is 1. The summed E-state index contributed by atoms with van der Waals surface area (Å²) in [6.45, 7) is 1.68. The van der Waals surface area contributed by atoms with Crippen LogP contribution in [0.3, 0.4) is 0 Å². The van der Waals surface area contributed by atoms with E-state index in [2.05, 4.69) is 53.1 Å². The van der Waals surface area contributed by atoms with Gasteiger partial charge in [0, 0.05) is 41.7 Å². The van der Waals surface area contributed by atoms with Gasteiger partial charge in [-0.15, -0.1) is 0 Å². The molecular weight excluding hydrogens is 398 g/mol. The molecule has 0 bridgehead atoms. The molecule has 2 aliphatic rings. The molecule has 0 saturated carbocycles. The summed E-state index contributed by atoms with van der Waals surface area (Å²) < 4.78 is 5.95. The minimum Gasteiger partial charge on any atom is -0.494 e. The van der Waals surface area contributed by atoms with Crippen LogP contribution in [0.25, 0.3) is 10.9 Å². The lowest BCUT2D eigenvalue weighted by molar-refractivity contribution is -0.116. The van der Waals surface area contributed by atoms with Crippen molar-refractivity contribution >= 4 is 22.5 Å². The Hall–Kier alpha value is -3.18. The third-order valence-electron chi connectivity index (χ3n) is 6.26. The molecule has 0 spiro atoms. The van der Waals surface area contributed by atoms with E-state index in [0.717, 1.165) is 61.3 Å². The number of carbonyl (C=O) groups is 1. The number of ether oxygens (including phenoxy) is 1. The number of aryl methyl sites for hydroxylation is 1. The largest absolute Gasteiger partial charge is 0.494 e. The Balaban J connectivity index is 1.13. The zero-order valence-corrected chi connectivity index (χ0v) is 18.3. The first kappa shape index (κ1) is 20.7. The maximum atomic E-state index is 11.6. The van der Waals surface area contributed by atoms with Gasteiger partial charge < -0.3 is 15.4 Å². The van der Waals surface area contributed by atoms with Crippen LogP contribution in [0.2, 0.25) is 0 Å². The van der Waals surface area contributed by atoms with Gasteiger partial charge in [-0.25, -0.2) is 0 Å². The Morgan fingerprint density at radius 2 is 1.97 bits per heavy atom. The first-order valence-corrected chi connectivity index (χ1v) is 11.6. The molecule has 2 N–H and O–H groups in total. The van der Waals surface area contributed by atoms with E-state index in [4.69, 9.17) is 9.72 Å². The Morgan fingerprint density at radius 3 is 2.94 bits per heavy atom. The smallest absolute Gasteiger partial charge is 0.224 e. The van der Waals surface area contributed by atoms with E-state index >= 15 is 0 Å². The number of hydrogen-bond donors (Lipinski definition) is 2. The number of nitrogens with zero attached hydrogens (tertiary/aromatic N) is 1. The van der Waals surface area contributed by atoms with Gasteiger partial charge in [-0.1, -0.05) is 42.0 Å². The predicted octanol–water partition coefficient (Wildman–Crippen LogP) is 4.81. The molecule has 2 aromatic carbocycles. The Kier molecular flexibility index (Phi) is 6.17. The van der Waals surface area contributed by atoms with Crippen LogP contribution in [-0.2, 0) is 17.6 Å². The van der Waals surface area contributed by atoms with Crippen LogP contribution in [0.4, 0.5) is 5.69 Å². The molecule has 3 heterocycles. The average Bonchev–Trinajstić information content (AvgIpc) is 2.82. The lowest BCUT2D eigenvalue weighted by Crippen LogP contribution is -2.33. The van der Waals surface area contributed by atoms with Gasteiger partial charge >= 0.3 is 0 Å². The number of anilines is 1. The first-order valence-electron chi connectivity index (χ1n) is 11.6. The number of rotatable bonds is 7. The number of hydrogen-bond acceptors (Lipinski definition) is 4. The highest BCUT2D eigenvalue weighted by atomic mass is 16.5. The topological polar surface area (TPSA) is 63.2 Å². The van der Waals surface area contributed by atoms with Gasteiger partial charge in [-0.3, -0.25) is 9.78 Å². The summed E-state index contributed by atoms with van der Waals surface area (Å²) in [5.74, 6) is 0.903. The second-order valence-electron chi connectivity index (χ2n) is 8.67. The van der Waals surface area contributed by atoms with Crippen LogP contribution in [0.15, 0.2) is 66.2 Å². The number of benzene rings is 2. The van der Waals surface area contributed by atoms with Crippen molar-refractivity contribution in [3.8, 4) is 5.75 Å². The molecule has 5 rings (SSSR count). The lowest BCUT2D eigenvalue weighted by Gasteiger charge is -2.23. The van der Waals surface area contributed by atoms with Crippen molar-refractivity contribution < 1.29 is 9.53 Å². The Morgan fingerprint density at radius 1 is 1.03 bits per heavy atom. The molecule has 5 nitrogen and oxygen atoms in total. The van der Waals surface area contributed by atoms with E-state index < -0.39 is 0 Å². The molecule has 0 aliphatic carbocycles. The zero-order chi connectivity index (χ0) is 21.8. The minimum absolute atomic E-state index is 0.0829. The number of pyridine rings is 1. The number of nitrogens with one attached hydrogen (secondary N) is 2. The molecule has 1 atom stereocenters. The highest BCUT2D eigenvalue weighted by molar-refractivity contribution is 5.94. The SMILES string of the molecule is O=C1CCc2ccc(OCCCC3C=C(Cc4ccc5ccccc5n4)CCN3)cc2N1. The van der Waals surface area contributed by atoms with Gasteiger partial charge in [0.1, 0.15) is 5.75 Å². The molecule has 0 fully saturated rings. The first-order chi connectivity index (χ1) is 15.7. The summed E-state index contributed by atoms with van der Waals surface area (Å²) in [5.41, 5.74) is 5.74. The normalized spacial score (nSPS) is 18.1. The summed E-state index contributed by atoms with van der Waals surface area (Å²) in [6, 6.07) is 19.0. The Bertz CT molecular complexity index is 1150. The standard InChI is InChI=1S/C27H29N3O2/c31-27-12-9-21-8-11-24(18-26(21)30-27)32-15-3-5-22-16-19(13-14-28-22)17-23-10-7-20-4-1-2-6-25(20)29-23/h1-2,4,6-8,10-11,16,18,22,28H,3,5,9,12-15,17H2,(H,30,31).